The smallest absolute Gasteiger partial charge is 0.0594 e. The SMILES string of the molecule is CC1(C)C(O)CC[C@@]2(C)C1CC[C@]1(C)C2CC=C2[C@@H]3C[C@@](C)(CO)CC[C@]3(C)CC[C@]21C. The lowest BCUT2D eigenvalue weighted by atomic mass is 9.33. The van der Waals surface area contributed by atoms with E-state index < -0.39 is 0 Å². The van der Waals surface area contributed by atoms with Crippen LogP contribution in [0.2, 0.25) is 0 Å². The Hall–Kier alpha value is -0.340. The summed E-state index contributed by atoms with van der Waals surface area (Å²) < 4.78 is 0. The number of rotatable bonds is 1. The number of hydrogen-bond acceptors (Lipinski definition) is 2. The van der Waals surface area contributed by atoms with Gasteiger partial charge in [0.2, 0.25) is 0 Å². The predicted molar refractivity (Wildman–Crippen MR) is 132 cm³/mol. The molecule has 0 radical (unpaired) electrons. The van der Waals surface area contributed by atoms with Crippen molar-refractivity contribution in [3.63, 3.8) is 0 Å². The van der Waals surface area contributed by atoms with Gasteiger partial charge in [-0.05, 0) is 114 Å². The lowest BCUT2D eigenvalue weighted by Crippen LogP contribution is -2.64. The molecule has 0 aromatic rings. The Morgan fingerprint density at radius 3 is 2.22 bits per heavy atom. The molecule has 0 heterocycles. The predicted octanol–water partition coefficient (Wildman–Crippen LogP) is 7.14. The molecule has 3 unspecified atom stereocenters. The molecule has 2 heteroatoms. The minimum Gasteiger partial charge on any atom is -0.396 e. The van der Waals surface area contributed by atoms with Crippen LogP contribution in [-0.4, -0.2) is 22.9 Å². The average Bonchev–Trinajstić information content (AvgIpc) is 2.73. The monoisotopic (exact) mass is 442 g/mol. The Morgan fingerprint density at radius 2 is 1.53 bits per heavy atom. The van der Waals surface area contributed by atoms with Crippen molar-refractivity contribution in [2.45, 2.75) is 119 Å². The molecule has 5 aliphatic carbocycles. The molecule has 0 aliphatic heterocycles. The molecule has 2 N–H and O–H groups in total. The van der Waals surface area contributed by atoms with Gasteiger partial charge in [0.05, 0.1) is 6.10 Å². The molecular weight excluding hydrogens is 392 g/mol. The standard InChI is InChI=1S/C30H50O2/c1-25(2)22-10-13-30(7)23(28(22,5)12-11-24(25)32)9-8-20-21-18-26(3,19-31)14-15-27(21,4)16-17-29(20,30)6/h8,21-24,31-32H,9-19H2,1-7H3/t21-,22?,23?,24?,26-,27+,28-,29+,30+/m0/s1. The summed E-state index contributed by atoms with van der Waals surface area (Å²) in [6, 6.07) is 0. The second-order valence-corrected chi connectivity index (χ2v) is 15.0. The minimum atomic E-state index is -0.149. The van der Waals surface area contributed by atoms with Crippen LogP contribution in [-0.2, 0) is 0 Å². The quantitative estimate of drug-likeness (QED) is 0.424. The topological polar surface area (TPSA) is 40.5 Å². The summed E-state index contributed by atoms with van der Waals surface area (Å²) in [7, 11) is 0. The fourth-order valence-corrected chi connectivity index (χ4v) is 10.6. The van der Waals surface area contributed by atoms with Crippen LogP contribution in [0.4, 0.5) is 0 Å². The van der Waals surface area contributed by atoms with Crippen molar-refractivity contribution in [3.05, 3.63) is 11.6 Å². The Balaban J connectivity index is 1.56. The van der Waals surface area contributed by atoms with E-state index in [1.165, 1.54) is 57.8 Å². The summed E-state index contributed by atoms with van der Waals surface area (Å²) in [4.78, 5) is 0. The molecule has 0 aromatic heterocycles. The first-order valence-electron chi connectivity index (χ1n) is 13.8. The maximum absolute atomic E-state index is 10.9. The van der Waals surface area contributed by atoms with Crippen LogP contribution in [0.15, 0.2) is 11.6 Å². The van der Waals surface area contributed by atoms with Crippen molar-refractivity contribution < 1.29 is 10.2 Å². The molecular formula is C30H50O2. The van der Waals surface area contributed by atoms with E-state index >= 15 is 0 Å². The number of allylic oxidation sites excluding steroid dienone is 2. The highest BCUT2D eigenvalue weighted by Gasteiger charge is 2.67. The van der Waals surface area contributed by atoms with E-state index in [4.69, 9.17) is 0 Å². The molecule has 4 fully saturated rings. The lowest BCUT2D eigenvalue weighted by molar-refractivity contribution is -0.203. The zero-order chi connectivity index (χ0) is 23.4. The third-order valence-electron chi connectivity index (χ3n) is 13.3. The third-order valence-corrected chi connectivity index (χ3v) is 13.3. The van der Waals surface area contributed by atoms with Crippen LogP contribution in [0.5, 0.6) is 0 Å². The van der Waals surface area contributed by atoms with Crippen LogP contribution in [0.3, 0.4) is 0 Å². The van der Waals surface area contributed by atoms with Gasteiger partial charge in [-0.15, -0.1) is 0 Å². The highest BCUT2D eigenvalue weighted by Crippen LogP contribution is 2.75. The van der Waals surface area contributed by atoms with Crippen LogP contribution < -0.4 is 0 Å². The maximum Gasteiger partial charge on any atom is 0.0594 e. The van der Waals surface area contributed by atoms with Crippen molar-refractivity contribution in [3.8, 4) is 0 Å². The molecule has 0 amide bonds. The summed E-state index contributed by atoms with van der Waals surface area (Å²) in [6.45, 7) is 17.8. The zero-order valence-corrected chi connectivity index (χ0v) is 22.1. The van der Waals surface area contributed by atoms with Gasteiger partial charge < -0.3 is 10.2 Å². The summed E-state index contributed by atoms with van der Waals surface area (Å²) in [5, 5.41) is 21.1. The van der Waals surface area contributed by atoms with Crippen molar-refractivity contribution in [2.75, 3.05) is 6.61 Å². The molecule has 4 saturated carbocycles. The average molecular weight is 443 g/mol. The summed E-state index contributed by atoms with van der Waals surface area (Å²) >= 11 is 0. The largest absolute Gasteiger partial charge is 0.396 e. The van der Waals surface area contributed by atoms with Gasteiger partial charge in [0.1, 0.15) is 0 Å². The van der Waals surface area contributed by atoms with Gasteiger partial charge in [-0.1, -0.05) is 60.1 Å². The maximum atomic E-state index is 10.9. The van der Waals surface area contributed by atoms with E-state index in [2.05, 4.69) is 54.5 Å². The van der Waals surface area contributed by atoms with Crippen LogP contribution in [0.1, 0.15) is 113 Å². The normalized spacial score (nSPS) is 56.8. The summed E-state index contributed by atoms with van der Waals surface area (Å²) in [5.41, 5.74) is 3.26. The molecule has 2 nitrogen and oxygen atoms in total. The highest BCUT2D eigenvalue weighted by atomic mass is 16.3. The molecule has 32 heavy (non-hydrogen) atoms. The molecule has 5 rings (SSSR count). The van der Waals surface area contributed by atoms with Gasteiger partial charge in [0.15, 0.2) is 0 Å². The van der Waals surface area contributed by atoms with Crippen molar-refractivity contribution in [1.29, 1.82) is 0 Å². The molecule has 9 atom stereocenters. The first-order valence-corrected chi connectivity index (χ1v) is 13.8. The van der Waals surface area contributed by atoms with E-state index in [1.807, 2.05) is 0 Å². The van der Waals surface area contributed by atoms with Gasteiger partial charge in [-0.25, -0.2) is 0 Å². The minimum absolute atomic E-state index is 0.0245. The number of aliphatic hydroxyl groups excluding tert-OH is 2. The molecule has 0 aromatic carbocycles. The third kappa shape index (κ3) is 2.78. The first-order chi connectivity index (χ1) is 14.8. The number of fused-ring (bicyclic) bond motifs is 7. The molecule has 0 saturated heterocycles. The molecule has 5 aliphatic rings. The Bertz CT molecular complexity index is 814. The molecule has 182 valence electrons. The second kappa shape index (κ2) is 6.87. The van der Waals surface area contributed by atoms with E-state index in [-0.39, 0.29) is 22.3 Å². The fraction of sp³-hybridized carbons (Fsp3) is 0.933. The van der Waals surface area contributed by atoms with E-state index in [0.29, 0.717) is 40.6 Å². The summed E-state index contributed by atoms with van der Waals surface area (Å²) in [5.74, 6) is 1.98. The number of aliphatic hydroxyl groups is 2. The Morgan fingerprint density at radius 1 is 0.844 bits per heavy atom. The van der Waals surface area contributed by atoms with Crippen LogP contribution in [0.25, 0.3) is 0 Å². The van der Waals surface area contributed by atoms with Gasteiger partial charge in [0.25, 0.3) is 0 Å². The van der Waals surface area contributed by atoms with Crippen molar-refractivity contribution in [1.82, 2.24) is 0 Å². The van der Waals surface area contributed by atoms with Gasteiger partial charge in [0, 0.05) is 6.61 Å². The van der Waals surface area contributed by atoms with Gasteiger partial charge in [-0.3, -0.25) is 0 Å². The Kier molecular flexibility index (Phi) is 5.02. The fourth-order valence-electron chi connectivity index (χ4n) is 10.6. The first kappa shape index (κ1) is 23.4. The van der Waals surface area contributed by atoms with Crippen molar-refractivity contribution >= 4 is 0 Å². The lowest BCUT2D eigenvalue weighted by Gasteiger charge is -2.71. The molecule has 0 spiro atoms. The van der Waals surface area contributed by atoms with Gasteiger partial charge in [-0.2, -0.15) is 0 Å². The second-order valence-electron chi connectivity index (χ2n) is 15.0. The van der Waals surface area contributed by atoms with E-state index in [0.717, 1.165) is 6.42 Å². The van der Waals surface area contributed by atoms with Crippen LogP contribution >= 0.6 is 0 Å². The Labute approximate surface area is 197 Å². The zero-order valence-electron chi connectivity index (χ0n) is 22.1. The van der Waals surface area contributed by atoms with Gasteiger partial charge >= 0.3 is 0 Å². The number of hydrogen-bond donors (Lipinski definition) is 2. The van der Waals surface area contributed by atoms with E-state index in [1.54, 1.807) is 5.57 Å². The summed E-state index contributed by atoms with van der Waals surface area (Å²) in [6.07, 6.45) is 14.8. The van der Waals surface area contributed by atoms with Crippen molar-refractivity contribution in [2.24, 2.45) is 50.2 Å². The van der Waals surface area contributed by atoms with E-state index in [9.17, 15) is 10.2 Å². The highest BCUT2D eigenvalue weighted by molar-refractivity contribution is 5.33. The molecule has 0 bridgehead atoms. The van der Waals surface area contributed by atoms with Crippen LogP contribution in [0, 0.1) is 50.2 Å².